The highest BCUT2D eigenvalue weighted by Crippen LogP contribution is 2.42. The van der Waals surface area contributed by atoms with E-state index in [4.69, 9.17) is 4.74 Å². The second-order valence-electron chi connectivity index (χ2n) is 5.87. The van der Waals surface area contributed by atoms with Gasteiger partial charge >= 0.3 is 6.09 Å². The Bertz CT molecular complexity index is 263. The van der Waals surface area contributed by atoms with Gasteiger partial charge in [0, 0.05) is 6.04 Å². The number of rotatable bonds is 1. The third-order valence-electron chi connectivity index (χ3n) is 3.23. The minimum atomic E-state index is -0.394. The molecule has 0 aromatic heterocycles. The molecule has 0 aromatic carbocycles. The molecular weight excluding hydrogens is 222 g/mol. The van der Waals surface area contributed by atoms with E-state index in [2.05, 4.69) is 17.1 Å². The van der Waals surface area contributed by atoms with E-state index < -0.39 is 5.60 Å². The van der Waals surface area contributed by atoms with E-state index in [1.54, 1.807) is 0 Å². The topological polar surface area (TPSA) is 38.3 Å². The second-order valence-corrected chi connectivity index (χ2v) is 6.95. The van der Waals surface area contributed by atoms with Gasteiger partial charge in [-0.3, -0.25) is 0 Å². The number of fused-ring (bicyclic) bond motifs is 1. The van der Waals surface area contributed by atoms with Gasteiger partial charge in [0.15, 0.2) is 0 Å². The van der Waals surface area contributed by atoms with Gasteiger partial charge in [-0.2, -0.15) is 11.8 Å². The van der Waals surface area contributed by atoms with Gasteiger partial charge in [0.2, 0.25) is 0 Å². The highest BCUT2D eigenvalue weighted by Gasteiger charge is 2.38. The Hall–Kier alpha value is -0.380. The Labute approximate surface area is 102 Å². The number of amides is 1. The van der Waals surface area contributed by atoms with Crippen LogP contribution in [0.3, 0.4) is 0 Å². The molecule has 4 heteroatoms. The molecule has 1 heterocycles. The lowest BCUT2D eigenvalue weighted by Gasteiger charge is -2.22. The van der Waals surface area contributed by atoms with Crippen molar-refractivity contribution in [3.8, 4) is 0 Å². The van der Waals surface area contributed by atoms with Crippen molar-refractivity contribution in [1.82, 2.24) is 5.32 Å². The van der Waals surface area contributed by atoms with Gasteiger partial charge in [0.05, 0.1) is 0 Å². The zero-order chi connectivity index (χ0) is 11.8. The van der Waals surface area contributed by atoms with Crippen LogP contribution in [0.15, 0.2) is 0 Å². The van der Waals surface area contributed by atoms with E-state index >= 15 is 0 Å². The number of alkyl carbamates (subject to hydrolysis) is 1. The van der Waals surface area contributed by atoms with Crippen LogP contribution in [-0.4, -0.2) is 29.2 Å². The van der Waals surface area contributed by atoms with Gasteiger partial charge in [-0.15, -0.1) is 0 Å². The van der Waals surface area contributed by atoms with Crippen molar-refractivity contribution >= 4 is 17.9 Å². The second kappa shape index (κ2) is 4.47. The molecule has 1 amide bonds. The van der Waals surface area contributed by atoms with Crippen LogP contribution < -0.4 is 5.32 Å². The monoisotopic (exact) mass is 243 g/mol. The molecule has 1 N–H and O–H groups in total. The summed E-state index contributed by atoms with van der Waals surface area (Å²) in [4.78, 5) is 11.6. The van der Waals surface area contributed by atoms with Crippen molar-refractivity contribution in [2.75, 3.05) is 11.5 Å². The molecule has 1 saturated heterocycles. The molecule has 3 nitrogen and oxygen atoms in total. The third kappa shape index (κ3) is 3.06. The average Bonchev–Trinajstić information content (AvgIpc) is 2.58. The van der Waals surface area contributed by atoms with Crippen molar-refractivity contribution in [1.29, 1.82) is 0 Å². The van der Waals surface area contributed by atoms with Crippen molar-refractivity contribution < 1.29 is 9.53 Å². The molecule has 16 heavy (non-hydrogen) atoms. The maximum absolute atomic E-state index is 11.6. The van der Waals surface area contributed by atoms with E-state index in [1.807, 2.05) is 20.8 Å². The molecule has 2 rings (SSSR count). The highest BCUT2D eigenvalue weighted by atomic mass is 32.2. The van der Waals surface area contributed by atoms with Gasteiger partial charge in [-0.05, 0) is 57.0 Å². The van der Waals surface area contributed by atoms with E-state index in [1.165, 1.54) is 11.5 Å². The van der Waals surface area contributed by atoms with Gasteiger partial charge in [-0.1, -0.05) is 0 Å². The summed E-state index contributed by atoms with van der Waals surface area (Å²) in [5.74, 6) is 4.20. The van der Waals surface area contributed by atoms with Crippen LogP contribution in [0.25, 0.3) is 0 Å². The molecule has 0 bridgehead atoms. The minimum absolute atomic E-state index is 0.259. The molecule has 2 aliphatic rings. The molecule has 1 aliphatic heterocycles. The summed E-state index contributed by atoms with van der Waals surface area (Å²) in [5.41, 5.74) is -0.394. The van der Waals surface area contributed by atoms with Gasteiger partial charge in [-0.25, -0.2) is 4.79 Å². The molecule has 1 aliphatic carbocycles. The summed E-state index contributed by atoms with van der Waals surface area (Å²) < 4.78 is 5.27. The predicted molar refractivity (Wildman–Crippen MR) is 66.7 cm³/mol. The first-order valence-electron chi connectivity index (χ1n) is 6.01. The first kappa shape index (κ1) is 12.1. The van der Waals surface area contributed by atoms with Crippen molar-refractivity contribution in [3.05, 3.63) is 0 Å². The van der Waals surface area contributed by atoms with Crippen LogP contribution in [0.4, 0.5) is 4.79 Å². The minimum Gasteiger partial charge on any atom is -0.444 e. The van der Waals surface area contributed by atoms with Crippen molar-refractivity contribution in [3.63, 3.8) is 0 Å². The number of nitrogens with one attached hydrogen (secondary N) is 1. The number of carbonyl (C=O) groups is 1. The Morgan fingerprint density at radius 3 is 2.31 bits per heavy atom. The molecule has 2 fully saturated rings. The zero-order valence-corrected chi connectivity index (χ0v) is 11.1. The summed E-state index contributed by atoms with van der Waals surface area (Å²) in [6.07, 6.45) is 2.01. The lowest BCUT2D eigenvalue weighted by Crippen LogP contribution is -2.38. The molecular formula is C12H21NO2S. The normalized spacial score (nSPS) is 33.6. The smallest absolute Gasteiger partial charge is 0.407 e. The first-order chi connectivity index (χ1) is 7.44. The standard InChI is InChI=1S/C12H21NO2S/c1-12(2,3)15-11(14)13-10-4-8-6-16-7-9(8)5-10/h8-10H,4-7H2,1-3H3,(H,13,14)/t8-,9+,10+. The molecule has 3 atom stereocenters. The number of carbonyl (C=O) groups excluding carboxylic acids is 1. The van der Waals surface area contributed by atoms with Crippen molar-refractivity contribution in [2.24, 2.45) is 11.8 Å². The van der Waals surface area contributed by atoms with Gasteiger partial charge in [0.1, 0.15) is 5.60 Å². The Morgan fingerprint density at radius 1 is 1.25 bits per heavy atom. The maximum Gasteiger partial charge on any atom is 0.407 e. The fraction of sp³-hybridized carbons (Fsp3) is 0.917. The fourth-order valence-electron chi connectivity index (χ4n) is 2.58. The number of thioether (sulfide) groups is 1. The van der Waals surface area contributed by atoms with Crippen LogP contribution in [0.5, 0.6) is 0 Å². The van der Waals surface area contributed by atoms with Crippen LogP contribution >= 0.6 is 11.8 Å². The lowest BCUT2D eigenvalue weighted by molar-refractivity contribution is 0.0504. The largest absolute Gasteiger partial charge is 0.444 e. The molecule has 92 valence electrons. The average molecular weight is 243 g/mol. The summed E-state index contributed by atoms with van der Waals surface area (Å²) in [6.45, 7) is 5.69. The predicted octanol–water partition coefficient (Wildman–Crippen LogP) is 2.65. The van der Waals surface area contributed by atoms with E-state index in [0.29, 0.717) is 6.04 Å². The van der Waals surface area contributed by atoms with Crippen LogP contribution in [0.1, 0.15) is 33.6 Å². The quantitative estimate of drug-likeness (QED) is 0.769. The number of hydrogen-bond donors (Lipinski definition) is 1. The highest BCUT2D eigenvalue weighted by molar-refractivity contribution is 7.99. The maximum atomic E-state index is 11.6. The zero-order valence-electron chi connectivity index (χ0n) is 10.3. The number of ether oxygens (including phenoxy) is 1. The summed E-state index contributed by atoms with van der Waals surface area (Å²) in [6, 6.07) is 0.339. The Balaban J connectivity index is 1.77. The van der Waals surface area contributed by atoms with Crippen LogP contribution in [0, 0.1) is 11.8 Å². The molecule has 0 aromatic rings. The lowest BCUT2D eigenvalue weighted by atomic mass is 10.0. The van der Waals surface area contributed by atoms with Crippen molar-refractivity contribution in [2.45, 2.75) is 45.3 Å². The van der Waals surface area contributed by atoms with Crippen LogP contribution in [-0.2, 0) is 4.74 Å². The van der Waals surface area contributed by atoms with Gasteiger partial charge in [0.25, 0.3) is 0 Å². The molecule has 0 radical (unpaired) electrons. The number of hydrogen-bond acceptors (Lipinski definition) is 3. The molecule has 0 spiro atoms. The Kier molecular flexibility index (Phi) is 3.38. The third-order valence-corrected chi connectivity index (χ3v) is 4.55. The van der Waals surface area contributed by atoms with E-state index in [9.17, 15) is 4.79 Å². The Morgan fingerprint density at radius 2 is 1.81 bits per heavy atom. The fourth-order valence-corrected chi connectivity index (χ4v) is 4.14. The summed E-state index contributed by atoms with van der Waals surface area (Å²) in [5, 5.41) is 2.99. The van der Waals surface area contributed by atoms with E-state index in [-0.39, 0.29) is 6.09 Å². The molecule has 1 saturated carbocycles. The first-order valence-corrected chi connectivity index (χ1v) is 7.17. The summed E-state index contributed by atoms with van der Waals surface area (Å²) >= 11 is 2.05. The van der Waals surface area contributed by atoms with Crippen LogP contribution in [0.2, 0.25) is 0 Å². The van der Waals surface area contributed by atoms with E-state index in [0.717, 1.165) is 24.7 Å². The summed E-state index contributed by atoms with van der Waals surface area (Å²) in [7, 11) is 0. The van der Waals surface area contributed by atoms with Gasteiger partial charge < -0.3 is 10.1 Å². The molecule has 0 unspecified atom stereocenters. The SMILES string of the molecule is CC(C)(C)OC(=O)N[C@@H]1C[C@H]2CSC[C@H]2C1.